The summed E-state index contributed by atoms with van der Waals surface area (Å²) in [6.07, 6.45) is 13.8. The SMILES string of the molecule is C[C@@H](C(=O)[C@H]1CC[C@H]2[C@@H]3CC[C@@H]4C[C@](C)(O)CC[C@]4(C)[C@H]3CC[C@]12C)n1ccnn1. The molecule has 9 atom stereocenters. The van der Waals surface area contributed by atoms with Gasteiger partial charge < -0.3 is 5.11 Å². The smallest absolute Gasteiger partial charge is 0.160 e. The quantitative estimate of drug-likeness (QED) is 0.771. The van der Waals surface area contributed by atoms with E-state index in [2.05, 4.69) is 24.2 Å². The van der Waals surface area contributed by atoms with Crippen molar-refractivity contribution in [1.29, 1.82) is 0 Å². The normalized spacial score (nSPS) is 49.0. The molecule has 5 nitrogen and oxygen atoms in total. The summed E-state index contributed by atoms with van der Waals surface area (Å²) >= 11 is 0. The summed E-state index contributed by atoms with van der Waals surface area (Å²) in [5.74, 6) is 3.38. The van der Waals surface area contributed by atoms with Crippen LogP contribution in [-0.2, 0) is 4.79 Å². The van der Waals surface area contributed by atoms with E-state index in [-0.39, 0.29) is 17.4 Å². The topological polar surface area (TPSA) is 68.0 Å². The lowest BCUT2D eigenvalue weighted by molar-refractivity contribution is -0.151. The van der Waals surface area contributed by atoms with Crippen molar-refractivity contribution in [3.63, 3.8) is 0 Å². The first-order valence-electron chi connectivity index (χ1n) is 12.3. The first kappa shape index (κ1) is 20.7. The molecule has 1 heterocycles. The number of hydrogen-bond donors (Lipinski definition) is 1. The number of hydrogen-bond acceptors (Lipinski definition) is 4. The summed E-state index contributed by atoms with van der Waals surface area (Å²) < 4.78 is 1.73. The van der Waals surface area contributed by atoms with Crippen LogP contribution in [0.25, 0.3) is 0 Å². The summed E-state index contributed by atoms with van der Waals surface area (Å²) in [4.78, 5) is 13.5. The van der Waals surface area contributed by atoms with Crippen molar-refractivity contribution in [2.24, 2.45) is 40.4 Å². The molecule has 5 heteroatoms. The second-order valence-corrected chi connectivity index (χ2v) is 12.0. The summed E-state index contributed by atoms with van der Waals surface area (Å²) in [6, 6.07) is -0.223. The minimum absolute atomic E-state index is 0.135. The van der Waals surface area contributed by atoms with Crippen LogP contribution < -0.4 is 0 Å². The molecular formula is C25H39N3O2. The Labute approximate surface area is 181 Å². The van der Waals surface area contributed by atoms with Gasteiger partial charge >= 0.3 is 0 Å². The maximum absolute atomic E-state index is 13.5. The van der Waals surface area contributed by atoms with Crippen molar-refractivity contribution in [2.75, 3.05) is 0 Å². The van der Waals surface area contributed by atoms with Crippen LogP contribution in [0.1, 0.15) is 91.5 Å². The maximum Gasteiger partial charge on any atom is 0.160 e. The highest BCUT2D eigenvalue weighted by Gasteiger charge is 2.62. The molecule has 0 bridgehead atoms. The minimum atomic E-state index is -0.470. The third kappa shape index (κ3) is 2.94. The average Bonchev–Trinajstić information content (AvgIpc) is 3.35. The van der Waals surface area contributed by atoms with Gasteiger partial charge in [-0.1, -0.05) is 19.1 Å². The number of aliphatic hydroxyl groups is 1. The van der Waals surface area contributed by atoms with Gasteiger partial charge in [0.15, 0.2) is 5.78 Å². The van der Waals surface area contributed by atoms with Crippen molar-refractivity contribution in [3.05, 3.63) is 12.4 Å². The van der Waals surface area contributed by atoms with Crippen LogP contribution in [0.15, 0.2) is 12.4 Å². The van der Waals surface area contributed by atoms with E-state index in [4.69, 9.17) is 0 Å². The number of ketones is 1. The van der Waals surface area contributed by atoms with E-state index in [1.165, 1.54) is 38.5 Å². The number of fused-ring (bicyclic) bond motifs is 5. The monoisotopic (exact) mass is 413 g/mol. The first-order valence-corrected chi connectivity index (χ1v) is 12.3. The molecular weight excluding hydrogens is 374 g/mol. The Balaban J connectivity index is 1.37. The third-order valence-corrected chi connectivity index (χ3v) is 10.5. The van der Waals surface area contributed by atoms with E-state index < -0.39 is 5.60 Å². The van der Waals surface area contributed by atoms with Crippen LogP contribution in [0, 0.1) is 40.4 Å². The number of rotatable bonds is 3. The van der Waals surface area contributed by atoms with Gasteiger partial charge in [0.25, 0.3) is 0 Å². The molecule has 1 N–H and O–H groups in total. The van der Waals surface area contributed by atoms with Crippen molar-refractivity contribution >= 4 is 5.78 Å². The van der Waals surface area contributed by atoms with Gasteiger partial charge in [0.1, 0.15) is 6.04 Å². The van der Waals surface area contributed by atoms with Gasteiger partial charge in [-0.15, -0.1) is 5.10 Å². The predicted octanol–water partition coefficient (Wildman–Crippen LogP) is 4.82. The molecule has 4 fully saturated rings. The van der Waals surface area contributed by atoms with Crippen molar-refractivity contribution in [2.45, 2.75) is 97.1 Å². The minimum Gasteiger partial charge on any atom is -0.390 e. The van der Waals surface area contributed by atoms with E-state index in [0.29, 0.717) is 23.0 Å². The first-order chi connectivity index (χ1) is 14.2. The van der Waals surface area contributed by atoms with Crippen LogP contribution >= 0.6 is 0 Å². The molecule has 4 aliphatic carbocycles. The molecule has 0 aromatic carbocycles. The van der Waals surface area contributed by atoms with E-state index in [0.717, 1.165) is 31.1 Å². The number of nitrogens with zero attached hydrogens (tertiary/aromatic N) is 3. The molecule has 0 saturated heterocycles. The highest BCUT2D eigenvalue weighted by atomic mass is 16.3. The summed E-state index contributed by atoms with van der Waals surface area (Å²) in [6.45, 7) is 8.99. The number of carbonyl (C=O) groups excluding carboxylic acids is 1. The second kappa shape index (κ2) is 6.88. The van der Waals surface area contributed by atoms with Gasteiger partial charge in [0.2, 0.25) is 0 Å². The van der Waals surface area contributed by atoms with E-state index in [1.54, 1.807) is 10.9 Å². The van der Waals surface area contributed by atoms with Gasteiger partial charge in [-0.25, -0.2) is 4.68 Å². The fourth-order valence-corrected chi connectivity index (χ4v) is 8.74. The van der Waals surface area contributed by atoms with Gasteiger partial charge in [0, 0.05) is 12.1 Å². The average molecular weight is 414 g/mol. The van der Waals surface area contributed by atoms with Crippen molar-refractivity contribution in [1.82, 2.24) is 15.0 Å². The highest BCUT2D eigenvalue weighted by molar-refractivity contribution is 5.85. The number of carbonyl (C=O) groups is 1. The Bertz CT molecular complexity index is 805. The highest BCUT2D eigenvalue weighted by Crippen LogP contribution is 2.68. The maximum atomic E-state index is 13.5. The Hall–Kier alpha value is -1.23. The Morgan fingerprint density at radius 1 is 1.03 bits per heavy atom. The van der Waals surface area contributed by atoms with Gasteiger partial charge in [0.05, 0.1) is 11.8 Å². The van der Waals surface area contributed by atoms with E-state index in [9.17, 15) is 9.90 Å². The van der Waals surface area contributed by atoms with Crippen LogP contribution in [0.5, 0.6) is 0 Å². The number of Topliss-reactive ketones (excluding diaryl/α,β-unsaturated/α-hetero) is 1. The molecule has 0 unspecified atom stereocenters. The summed E-state index contributed by atoms with van der Waals surface area (Å²) in [5.41, 5.74) is 0.0433. The number of aromatic nitrogens is 3. The van der Waals surface area contributed by atoms with Crippen LogP contribution in [-0.4, -0.2) is 31.5 Å². The molecule has 0 spiro atoms. The van der Waals surface area contributed by atoms with Crippen molar-refractivity contribution < 1.29 is 9.90 Å². The Kier molecular flexibility index (Phi) is 4.74. The molecule has 0 amide bonds. The lowest BCUT2D eigenvalue weighted by Crippen LogP contribution is -2.55. The third-order valence-electron chi connectivity index (χ3n) is 10.5. The summed E-state index contributed by atoms with van der Waals surface area (Å²) in [7, 11) is 0. The molecule has 0 radical (unpaired) electrons. The standard InChI is InChI=1S/C25H39N3O2/c1-16(28-14-13-26-27-28)22(29)21-8-7-19-18-6-5-17-15-23(2,30)11-12-24(17,3)20(18)9-10-25(19,21)4/h13-14,16-21,30H,5-12,15H2,1-4H3/t16-,17+,18-,19-,20-,21+,23+,24-,25-/m0/s1. The van der Waals surface area contributed by atoms with E-state index in [1.807, 2.05) is 20.0 Å². The zero-order valence-corrected chi connectivity index (χ0v) is 19.2. The molecule has 1 aromatic rings. The second-order valence-electron chi connectivity index (χ2n) is 12.0. The summed E-state index contributed by atoms with van der Waals surface area (Å²) in [5, 5.41) is 18.7. The zero-order valence-electron chi connectivity index (χ0n) is 19.2. The fraction of sp³-hybridized carbons (Fsp3) is 0.880. The Morgan fingerprint density at radius 2 is 1.80 bits per heavy atom. The van der Waals surface area contributed by atoms with Gasteiger partial charge in [-0.3, -0.25) is 4.79 Å². The van der Waals surface area contributed by atoms with Crippen molar-refractivity contribution in [3.8, 4) is 0 Å². The lowest BCUT2D eigenvalue weighted by Gasteiger charge is -2.61. The van der Waals surface area contributed by atoms with Crippen LogP contribution in [0.2, 0.25) is 0 Å². The van der Waals surface area contributed by atoms with Gasteiger partial charge in [-0.05, 0) is 106 Å². The molecule has 5 rings (SSSR count). The predicted molar refractivity (Wildman–Crippen MR) is 116 cm³/mol. The van der Waals surface area contributed by atoms with Gasteiger partial charge in [-0.2, -0.15) is 0 Å². The molecule has 1 aromatic heterocycles. The largest absolute Gasteiger partial charge is 0.390 e. The molecule has 0 aliphatic heterocycles. The van der Waals surface area contributed by atoms with Crippen LogP contribution in [0.3, 0.4) is 0 Å². The molecule has 4 aliphatic rings. The lowest BCUT2D eigenvalue weighted by atomic mass is 9.44. The fourth-order valence-electron chi connectivity index (χ4n) is 8.74. The van der Waals surface area contributed by atoms with Crippen LogP contribution in [0.4, 0.5) is 0 Å². The molecule has 4 saturated carbocycles. The Morgan fingerprint density at radius 3 is 2.53 bits per heavy atom. The molecule has 166 valence electrons. The zero-order chi connectivity index (χ0) is 21.3. The molecule has 30 heavy (non-hydrogen) atoms. The van der Waals surface area contributed by atoms with E-state index >= 15 is 0 Å².